The SMILES string of the molecule is CCCC=CCC=CCCCCCCCc1ccc(CNCCNCCN)c(O)c1. The van der Waals surface area contributed by atoms with Gasteiger partial charge in [-0.15, -0.1) is 0 Å². The summed E-state index contributed by atoms with van der Waals surface area (Å²) in [6.45, 7) is 6.17. The van der Waals surface area contributed by atoms with Crippen LogP contribution in [0.2, 0.25) is 0 Å². The first-order valence-electron chi connectivity index (χ1n) is 12.0. The maximum atomic E-state index is 10.3. The van der Waals surface area contributed by atoms with Crippen LogP contribution in [0.15, 0.2) is 42.5 Å². The van der Waals surface area contributed by atoms with E-state index in [4.69, 9.17) is 5.73 Å². The standard InChI is InChI=1S/C26H45N3O/c1-2-3-4-5-6-7-8-9-10-11-12-13-14-15-24-16-17-25(26(30)22-24)23-29-21-20-28-19-18-27/h4-5,7-8,16-17,22,28-30H,2-3,6,9-15,18-21,23,27H2,1H3. The normalized spacial score (nSPS) is 11.8. The predicted octanol–water partition coefficient (Wildman–Crippen LogP) is 5.22. The summed E-state index contributed by atoms with van der Waals surface area (Å²) < 4.78 is 0. The number of hydrogen-bond donors (Lipinski definition) is 4. The first kappa shape index (κ1) is 26.4. The maximum absolute atomic E-state index is 10.3. The number of aryl methyl sites for hydroxylation is 1. The summed E-state index contributed by atoms with van der Waals surface area (Å²) in [5, 5.41) is 16.8. The van der Waals surface area contributed by atoms with Crippen molar-refractivity contribution in [1.82, 2.24) is 10.6 Å². The lowest BCUT2D eigenvalue weighted by atomic mass is 10.0. The Morgan fingerprint density at radius 2 is 1.60 bits per heavy atom. The van der Waals surface area contributed by atoms with Crippen LogP contribution in [0.5, 0.6) is 5.75 Å². The number of unbranched alkanes of at least 4 members (excludes halogenated alkanes) is 6. The van der Waals surface area contributed by atoms with Gasteiger partial charge in [-0.05, 0) is 50.2 Å². The van der Waals surface area contributed by atoms with Crippen LogP contribution in [-0.2, 0) is 13.0 Å². The topological polar surface area (TPSA) is 70.3 Å². The molecule has 30 heavy (non-hydrogen) atoms. The van der Waals surface area contributed by atoms with Crippen LogP contribution < -0.4 is 16.4 Å². The summed E-state index contributed by atoms with van der Waals surface area (Å²) in [4.78, 5) is 0. The molecule has 0 aliphatic heterocycles. The molecule has 0 aromatic heterocycles. The highest BCUT2D eigenvalue weighted by atomic mass is 16.3. The van der Waals surface area contributed by atoms with Crippen molar-refractivity contribution in [2.24, 2.45) is 5.73 Å². The average Bonchev–Trinajstić information content (AvgIpc) is 2.75. The van der Waals surface area contributed by atoms with E-state index in [1.807, 2.05) is 6.07 Å². The minimum absolute atomic E-state index is 0.409. The molecule has 0 atom stereocenters. The van der Waals surface area contributed by atoms with Crippen molar-refractivity contribution in [2.45, 2.75) is 77.7 Å². The van der Waals surface area contributed by atoms with Crippen molar-refractivity contribution in [1.29, 1.82) is 0 Å². The third-order valence-electron chi connectivity index (χ3n) is 5.16. The maximum Gasteiger partial charge on any atom is 0.120 e. The van der Waals surface area contributed by atoms with Crippen LogP contribution >= 0.6 is 0 Å². The molecule has 0 saturated carbocycles. The molecule has 0 heterocycles. The highest BCUT2D eigenvalue weighted by Gasteiger charge is 2.03. The lowest BCUT2D eigenvalue weighted by Crippen LogP contribution is -2.30. The smallest absolute Gasteiger partial charge is 0.120 e. The van der Waals surface area contributed by atoms with Crippen LogP contribution in [0, 0.1) is 0 Å². The molecule has 5 N–H and O–H groups in total. The van der Waals surface area contributed by atoms with E-state index in [0.29, 0.717) is 18.8 Å². The first-order valence-corrected chi connectivity index (χ1v) is 12.0. The van der Waals surface area contributed by atoms with Gasteiger partial charge in [0.25, 0.3) is 0 Å². The zero-order chi connectivity index (χ0) is 21.7. The molecule has 0 aliphatic rings. The molecular formula is C26H45N3O. The van der Waals surface area contributed by atoms with Crippen molar-refractivity contribution in [3.8, 4) is 5.75 Å². The van der Waals surface area contributed by atoms with Gasteiger partial charge in [0.05, 0.1) is 0 Å². The Bertz CT molecular complexity index is 584. The molecule has 4 heteroatoms. The van der Waals surface area contributed by atoms with Crippen molar-refractivity contribution < 1.29 is 5.11 Å². The first-order chi connectivity index (χ1) is 14.8. The largest absolute Gasteiger partial charge is 0.508 e. The fourth-order valence-electron chi connectivity index (χ4n) is 3.34. The number of aromatic hydroxyl groups is 1. The highest BCUT2D eigenvalue weighted by Crippen LogP contribution is 2.20. The number of phenols is 1. The lowest BCUT2D eigenvalue weighted by Gasteiger charge is -2.09. The summed E-state index contributed by atoms with van der Waals surface area (Å²) in [5.41, 5.74) is 7.65. The van der Waals surface area contributed by atoms with Gasteiger partial charge in [-0.25, -0.2) is 0 Å². The molecule has 0 spiro atoms. The number of benzene rings is 1. The quantitative estimate of drug-likeness (QED) is 0.185. The van der Waals surface area contributed by atoms with Gasteiger partial charge in [-0.1, -0.05) is 69.0 Å². The molecule has 4 nitrogen and oxygen atoms in total. The Kier molecular flexibility index (Phi) is 17.0. The number of rotatable bonds is 19. The van der Waals surface area contributed by atoms with Gasteiger partial charge in [0.1, 0.15) is 5.75 Å². The summed E-state index contributed by atoms with van der Waals surface area (Å²) in [5.74, 6) is 0.409. The Balaban J connectivity index is 2.05. The Morgan fingerprint density at radius 1 is 0.867 bits per heavy atom. The minimum Gasteiger partial charge on any atom is -0.508 e. The van der Waals surface area contributed by atoms with Crippen molar-refractivity contribution in [3.05, 3.63) is 53.6 Å². The van der Waals surface area contributed by atoms with E-state index in [-0.39, 0.29) is 0 Å². The van der Waals surface area contributed by atoms with Crippen molar-refractivity contribution >= 4 is 0 Å². The molecule has 1 aromatic carbocycles. The molecule has 0 bridgehead atoms. The van der Waals surface area contributed by atoms with Crippen LogP contribution in [0.25, 0.3) is 0 Å². The third kappa shape index (κ3) is 14.4. The molecule has 0 saturated heterocycles. The molecule has 0 amide bonds. The monoisotopic (exact) mass is 415 g/mol. The van der Waals surface area contributed by atoms with Gasteiger partial charge in [-0.3, -0.25) is 0 Å². The van der Waals surface area contributed by atoms with Gasteiger partial charge >= 0.3 is 0 Å². The second kappa shape index (κ2) is 19.3. The van der Waals surface area contributed by atoms with E-state index >= 15 is 0 Å². The van der Waals surface area contributed by atoms with Crippen LogP contribution in [0.1, 0.15) is 75.8 Å². The summed E-state index contributed by atoms with van der Waals surface area (Å²) in [6.07, 6.45) is 21.3. The van der Waals surface area contributed by atoms with Crippen LogP contribution in [-0.4, -0.2) is 31.3 Å². The number of allylic oxidation sites excluding steroid dienone is 4. The Morgan fingerprint density at radius 3 is 2.37 bits per heavy atom. The van der Waals surface area contributed by atoms with Crippen LogP contribution in [0.4, 0.5) is 0 Å². The number of nitrogens with two attached hydrogens (primary N) is 1. The Hall–Kier alpha value is -1.62. The Labute approximate surface area is 185 Å². The zero-order valence-electron chi connectivity index (χ0n) is 19.2. The molecule has 170 valence electrons. The minimum atomic E-state index is 0.409. The van der Waals surface area contributed by atoms with Gasteiger partial charge in [0.15, 0.2) is 0 Å². The molecule has 0 fully saturated rings. The van der Waals surface area contributed by atoms with E-state index in [9.17, 15) is 5.11 Å². The highest BCUT2D eigenvalue weighted by molar-refractivity contribution is 5.36. The van der Waals surface area contributed by atoms with E-state index in [2.05, 4.69) is 54.0 Å². The van der Waals surface area contributed by atoms with E-state index in [0.717, 1.165) is 38.0 Å². The summed E-state index contributed by atoms with van der Waals surface area (Å²) in [6, 6.07) is 6.14. The van der Waals surface area contributed by atoms with Crippen LogP contribution in [0.3, 0.4) is 0 Å². The molecular weight excluding hydrogens is 370 g/mol. The molecule has 1 rings (SSSR count). The van der Waals surface area contributed by atoms with Crippen molar-refractivity contribution in [2.75, 3.05) is 26.2 Å². The molecule has 1 aromatic rings. The summed E-state index contributed by atoms with van der Waals surface area (Å²) >= 11 is 0. The van der Waals surface area contributed by atoms with Gasteiger partial charge in [0, 0.05) is 38.3 Å². The van der Waals surface area contributed by atoms with E-state index in [1.54, 1.807) is 0 Å². The van der Waals surface area contributed by atoms with Gasteiger partial charge in [-0.2, -0.15) is 0 Å². The third-order valence-corrected chi connectivity index (χ3v) is 5.16. The predicted molar refractivity (Wildman–Crippen MR) is 131 cm³/mol. The second-order valence-electron chi connectivity index (χ2n) is 7.95. The van der Waals surface area contributed by atoms with E-state index < -0.39 is 0 Å². The number of phenolic OH excluding ortho intramolecular Hbond substituents is 1. The molecule has 0 aliphatic carbocycles. The van der Waals surface area contributed by atoms with Crippen molar-refractivity contribution in [3.63, 3.8) is 0 Å². The number of nitrogens with one attached hydrogen (secondary N) is 2. The lowest BCUT2D eigenvalue weighted by molar-refractivity contribution is 0.463. The fraction of sp³-hybridized carbons (Fsp3) is 0.615. The molecule has 0 unspecified atom stereocenters. The number of hydrogen-bond acceptors (Lipinski definition) is 4. The van der Waals surface area contributed by atoms with E-state index in [1.165, 1.54) is 56.9 Å². The second-order valence-corrected chi connectivity index (χ2v) is 7.95. The molecule has 0 radical (unpaired) electrons. The summed E-state index contributed by atoms with van der Waals surface area (Å²) in [7, 11) is 0. The van der Waals surface area contributed by atoms with Gasteiger partial charge < -0.3 is 21.5 Å². The van der Waals surface area contributed by atoms with Gasteiger partial charge in [0.2, 0.25) is 0 Å². The fourth-order valence-corrected chi connectivity index (χ4v) is 3.34. The average molecular weight is 416 g/mol. The zero-order valence-corrected chi connectivity index (χ0v) is 19.2.